The molecule has 25 heavy (non-hydrogen) atoms. The van der Waals surface area contributed by atoms with Gasteiger partial charge in [0.2, 0.25) is 5.91 Å². The van der Waals surface area contributed by atoms with Crippen molar-refractivity contribution < 1.29 is 14.6 Å². The molecule has 3 N–H and O–H groups in total. The van der Waals surface area contributed by atoms with Gasteiger partial charge < -0.3 is 15.2 Å². The summed E-state index contributed by atoms with van der Waals surface area (Å²) in [5.74, 6) is 0.487. The summed E-state index contributed by atoms with van der Waals surface area (Å²) in [5.41, 5.74) is 3.67. The van der Waals surface area contributed by atoms with Crippen LogP contribution in [0.25, 0.3) is 17.0 Å². The van der Waals surface area contributed by atoms with Gasteiger partial charge in [0.25, 0.3) is 0 Å². The number of hydrogen-bond acceptors (Lipinski definition) is 4. The molecule has 4 rings (SSSR count). The molecule has 0 spiro atoms. The minimum Gasteiger partial charge on any atom is -0.504 e. The topological polar surface area (TPSA) is 87.2 Å². The van der Waals surface area contributed by atoms with Gasteiger partial charge in [0, 0.05) is 23.4 Å². The van der Waals surface area contributed by atoms with Crippen LogP contribution in [-0.2, 0) is 4.79 Å². The lowest BCUT2D eigenvalue weighted by molar-refractivity contribution is -0.116. The second-order valence-electron chi connectivity index (χ2n) is 6.05. The molecule has 3 aromatic rings. The third-order valence-corrected chi connectivity index (χ3v) is 4.41. The Hall–Kier alpha value is -3.28. The number of H-pyrrole nitrogens is 1. The van der Waals surface area contributed by atoms with Crippen LogP contribution < -0.4 is 10.1 Å². The number of amides is 1. The predicted molar refractivity (Wildman–Crippen MR) is 95.8 cm³/mol. The van der Waals surface area contributed by atoms with E-state index in [-0.39, 0.29) is 17.6 Å². The fourth-order valence-corrected chi connectivity index (χ4v) is 3.13. The summed E-state index contributed by atoms with van der Waals surface area (Å²) in [6.07, 6.45) is 6.11. The van der Waals surface area contributed by atoms with Crippen LogP contribution in [0.5, 0.6) is 11.5 Å². The molecule has 2 aromatic carbocycles. The summed E-state index contributed by atoms with van der Waals surface area (Å²) >= 11 is 0. The molecule has 1 aliphatic heterocycles. The zero-order valence-electron chi connectivity index (χ0n) is 13.6. The highest BCUT2D eigenvalue weighted by Gasteiger charge is 2.24. The summed E-state index contributed by atoms with van der Waals surface area (Å²) in [6, 6.07) is 9.13. The first-order chi connectivity index (χ1) is 12.1. The molecule has 6 nitrogen and oxygen atoms in total. The van der Waals surface area contributed by atoms with Crippen LogP contribution in [0.2, 0.25) is 0 Å². The molecule has 0 saturated carbocycles. The first-order valence-corrected chi connectivity index (χ1v) is 7.96. The maximum absolute atomic E-state index is 12.0. The van der Waals surface area contributed by atoms with E-state index in [1.165, 1.54) is 7.11 Å². The van der Waals surface area contributed by atoms with E-state index in [2.05, 4.69) is 21.6 Å². The van der Waals surface area contributed by atoms with Gasteiger partial charge in [-0.05, 0) is 35.4 Å². The number of hydrogen-bond donors (Lipinski definition) is 3. The lowest BCUT2D eigenvalue weighted by Crippen LogP contribution is -2.21. The molecule has 2 heterocycles. The Kier molecular flexibility index (Phi) is 3.65. The van der Waals surface area contributed by atoms with Crippen molar-refractivity contribution in [3.05, 3.63) is 53.7 Å². The molecular weight excluding hydrogens is 318 g/mol. The molecule has 0 fully saturated rings. The van der Waals surface area contributed by atoms with Crippen molar-refractivity contribution in [3.63, 3.8) is 0 Å². The first-order valence-electron chi connectivity index (χ1n) is 7.96. The molecule has 1 aliphatic rings. The number of nitrogens with zero attached hydrogens (tertiary/aromatic N) is 1. The van der Waals surface area contributed by atoms with E-state index in [0.29, 0.717) is 12.2 Å². The van der Waals surface area contributed by atoms with Gasteiger partial charge in [0.05, 0.1) is 18.8 Å². The van der Waals surface area contributed by atoms with Gasteiger partial charge in [0.1, 0.15) is 0 Å². The van der Waals surface area contributed by atoms with Crippen LogP contribution in [-0.4, -0.2) is 28.3 Å². The smallest absolute Gasteiger partial charge is 0.225 e. The van der Waals surface area contributed by atoms with Crippen molar-refractivity contribution in [3.8, 4) is 11.5 Å². The second kappa shape index (κ2) is 5.98. The largest absolute Gasteiger partial charge is 0.504 e. The molecule has 0 bridgehead atoms. The highest BCUT2D eigenvalue weighted by Crippen LogP contribution is 2.36. The number of aromatic hydroxyl groups is 1. The van der Waals surface area contributed by atoms with Crippen molar-refractivity contribution in [1.82, 2.24) is 10.2 Å². The Morgan fingerprint density at radius 1 is 1.32 bits per heavy atom. The molecule has 0 radical (unpaired) electrons. The maximum Gasteiger partial charge on any atom is 0.225 e. The van der Waals surface area contributed by atoms with Crippen LogP contribution in [0.3, 0.4) is 0 Å². The Morgan fingerprint density at radius 3 is 3.04 bits per heavy atom. The van der Waals surface area contributed by atoms with E-state index < -0.39 is 0 Å². The van der Waals surface area contributed by atoms with Crippen molar-refractivity contribution in [2.45, 2.75) is 12.3 Å². The number of phenols is 1. The average Bonchev–Trinajstić information content (AvgIpc) is 3.06. The van der Waals surface area contributed by atoms with Gasteiger partial charge in [-0.15, -0.1) is 0 Å². The lowest BCUT2D eigenvalue weighted by atomic mass is 9.89. The first kappa shape index (κ1) is 15.3. The molecular formula is C19H17N3O3. The monoisotopic (exact) mass is 335 g/mol. The minimum atomic E-state index is -0.0251. The van der Waals surface area contributed by atoms with Crippen LogP contribution in [0.15, 0.2) is 42.6 Å². The van der Waals surface area contributed by atoms with Crippen molar-refractivity contribution in [2.75, 3.05) is 12.4 Å². The SMILES string of the molecule is COc1cc(/C=C/[C@@H]2CC(=O)Nc3cc4[nH]ncc4cc32)ccc1O. The number of anilines is 1. The molecule has 1 aromatic heterocycles. The summed E-state index contributed by atoms with van der Waals surface area (Å²) in [6.45, 7) is 0. The Morgan fingerprint density at radius 2 is 2.20 bits per heavy atom. The Bertz CT molecular complexity index is 991. The fourth-order valence-electron chi connectivity index (χ4n) is 3.13. The van der Waals surface area contributed by atoms with E-state index in [4.69, 9.17) is 4.74 Å². The van der Waals surface area contributed by atoms with Crippen LogP contribution in [0.1, 0.15) is 23.5 Å². The number of fused-ring (bicyclic) bond motifs is 2. The number of aromatic amines is 1. The molecule has 0 unspecified atom stereocenters. The molecule has 6 heteroatoms. The van der Waals surface area contributed by atoms with Crippen LogP contribution in [0, 0.1) is 0 Å². The van der Waals surface area contributed by atoms with Gasteiger partial charge >= 0.3 is 0 Å². The second-order valence-corrected chi connectivity index (χ2v) is 6.05. The third kappa shape index (κ3) is 2.82. The van der Waals surface area contributed by atoms with Crippen molar-refractivity contribution in [2.24, 2.45) is 0 Å². The quantitative estimate of drug-likeness (QED) is 0.684. The highest BCUT2D eigenvalue weighted by atomic mass is 16.5. The van der Waals surface area contributed by atoms with E-state index in [1.807, 2.05) is 18.2 Å². The van der Waals surface area contributed by atoms with Gasteiger partial charge in [-0.3, -0.25) is 9.89 Å². The van der Waals surface area contributed by atoms with Gasteiger partial charge in [-0.2, -0.15) is 5.10 Å². The number of phenolic OH excluding ortho intramolecular Hbond substituents is 1. The number of nitrogens with one attached hydrogen (secondary N) is 2. The maximum atomic E-state index is 12.0. The Balaban J connectivity index is 1.70. The predicted octanol–water partition coefficient (Wildman–Crippen LogP) is 3.42. The van der Waals surface area contributed by atoms with Crippen molar-refractivity contribution in [1.29, 1.82) is 0 Å². The normalized spacial score (nSPS) is 16.8. The Labute approximate surface area is 144 Å². The number of methoxy groups -OCH3 is 1. The summed E-state index contributed by atoms with van der Waals surface area (Å²) in [5, 5.41) is 20.6. The molecule has 1 atom stereocenters. The number of rotatable bonds is 3. The summed E-state index contributed by atoms with van der Waals surface area (Å²) in [4.78, 5) is 12.0. The number of carbonyl (C=O) groups excluding carboxylic acids is 1. The van der Waals surface area contributed by atoms with Crippen LogP contribution >= 0.6 is 0 Å². The minimum absolute atomic E-state index is 0.00991. The van der Waals surface area contributed by atoms with Gasteiger partial charge in [-0.25, -0.2) is 0 Å². The average molecular weight is 335 g/mol. The summed E-state index contributed by atoms with van der Waals surface area (Å²) < 4.78 is 5.13. The number of allylic oxidation sites excluding steroid dienone is 1. The number of aromatic nitrogens is 2. The zero-order valence-corrected chi connectivity index (χ0v) is 13.6. The molecule has 1 amide bonds. The van der Waals surface area contributed by atoms with Crippen LogP contribution in [0.4, 0.5) is 5.69 Å². The summed E-state index contributed by atoms with van der Waals surface area (Å²) in [7, 11) is 1.51. The van der Waals surface area contributed by atoms with E-state index in [1.54, 1.807) is 24.4 Å². The fraction of sp³-hybridized carbons (Fsp3) is 0.158. The van der Waals surface area contributed by atoms with Gasteiger partial charge in [-0.1, -0.05) is 18.2 Å². The standard InChI is InChI=1S/C19H17N3O3/c1-25-18-6-11(3-5-17(18)23)2-4-12-8-19(24)21-16-9-15-13(7-14(12)16)10-20-22-15/h2-7,9-10,12,23H,8H2,1H3,(H,20,22)(H,21,24)/b4-2+/t12-/m1/s1. The molecule has 0 saturated heterocycles. The lowest BCUT2D eigenvalue weighted by Gasteiger charge is -2.23. The van der Waals surface area contributed by atoms with Gasteiger partial charge in [0.15, 0.2) is 11.5 Å². The molecule has 126 valence electrons. The van der Waals surface area contributed by atoms with E-state index in [0.717, 1.165) is 27.7 Å². The number of benzene rings is 2. The number of ether oxygens (including phenoxy) is 1. The van der Waals surface area contributed by atoms with E-state index >= 15 is 0 Å². The highest BCUT2D eigenvalue weighted by molar-refractivity contribution is 5.98. The molecule has 0 aliphatic carbocycles. The van der Waals surface area contributed by atoms with E-state index in [9.17, 15) is 9.90 Å². The third-order valence-electron chi connectivity index (χ3n) is 4.41. The number of carbonyl (C=O) groups is 1. The zero-order chi connectivity index (χ0) is 17.4. The van der Waals surface area contributed by atoms with Crippen molar-refractivity contribution >= 4 is 28.6 Å².